The molecule has 2 aromatic carbocycles. The number of rotatable bonds is 7. The van der Waals surface area contributed by atoms with Crippen molar-refractivity contribution in [3.8, 4) is 5.75 Å². The summed E-state index contributed by atoms with van der Waals surface area (Å²) < 4.78 is 5.28. The lowest BCUT2D eigenvalue weighted by Crippen LogP contribution is -2.09. The number of nitrogens with one attached hydrogen (secondary N) is 2. The first-order valence-corrected chi connectivity index (χ1v) is 9.10. The van der Waals surface area contributed by atoms with Crippen LogP contribution in [-0.4, -0.2) is 23.6 Å². The number of aryl methyl sites for hydroxylation is 3. The average Bonchev–Trinajstić information content (AvgIpc) is 2.64. The Morgan fingerprint density at radius 1 is 0.963 bits per heavy atom. The summed E-state index contributed by atoms with van der Waals surface area (Å²) in [4.78, 5) is 9.10. The van der Waals surface area contributed by atoms with Gasteiger partial charge in [-0.1, -0.05) is 29.8 Å². The third-order valence-corrected chi connectivity index (χ3v) is 4.34. The van der Waals surface area contributed by atoms with Gasteiger partial charge < -0.3 is 15.4 Å². The number of methoxy groups -OCH3 is 1. The van der Waals surface area contributed by atoms with Gasteiger partial charge in [-0.25, -0.2) is 4.98 Å². The van der Waals surface area contributed by atoms with Gasteiger partial charge in [-0.3, -0.25) is 0 Å². The second kappa shape index (κ2) is 8.54. The molecule has 27 heavy (non-hydrogen) atoms. The molecule has 0 aliphatic rings. The number of hydrogen-bond acceptors (Lipinski definition) is 5. The zero-order valence-corrected chi connectivity index (χ0v) is 16.3. The standard InChI is InChI=1S/C22H26N4O/c1-15-8-9-20(16(2)12-15)25-22-24-17(3)13-21(26-22)23-11-10-18-6-5-7-19(14-18)27-4/h5-9,12-14H,10-11H2,1-4H3,(H2,23,24,25,26). The van der Waals surface area contributed by atoms with Gasteiger partial charge in [0, 0.05) is 24.0 Å². The Morgan fingerprint density at radius 3 is 2.59 bits per heavy atom. The molecule has 140 valence electrons. The van der Waals surface area contributed by atoms with Gasteiger partial charge in [-0.15, -0.1) is 0 Å². The molecule has 5 heteroatoms. The summed E-state index contributed by atoms with van der Waals surface area (Å²) in [7, 11) is 1.69. The molecule has 0 unspecified atom stereocenters. The molecule has 0 saturated heterocycles. The van der Waals surface area contributed by atoms with E-state index < -0.39 is 0 Å². The minimum absolute atomic E-state index is 0.603. The molecule has 0 radical (unpaired) electrons. The zero-order chi connectivity index (χ0) is 19.2. The number of ether oxygens (including phenoxy) is 1. The maximum atomic E-state index is 5.28. The van der Waals surface area contributed by atoms with E-state index in [2.05, 4.69) is 64.8 Å². The third kappa shape index (κ3) is 5.20. The van der Waals surface area contributed by atoms with E-state index in [-0.39, 0.29) is 0 Å². The highest BCUT2D eigenvalue weighted by molar-refractivity contribution is 5.60. The first kappa shape index (κ1) is 18.7. The summed E-state index contributed by atoms with van der Waals surface area (Å²) in [5.74, 6) is 2.30. The molecule has 3 rings (SSSR count). The van der Waals surface area contributed by atoms with Crippen molar-refractivity contribution in [1.82, 2.24) is 9.97 Å². The fraction of sp³-hybridized carbons (Fsp3) is 0.273. The lowest BCUT2D eigenvalue weighted by Gasteiger charge is -2.12. The fourth-order valence-electron chi connectivity index (χ4n) is 2.95. The van der Waals surface area contributed by atoms with Crippen LogP contribution >= 0.6 is 0 Å². The number of nitrogens with zero attached hydrogens (tertiary/aromatic N) is 2. The quantitative estimate of drug-likeness (QED) is 0.632. The van der Waals surface area contributed by atoms with E-state index in [9.17, 15) is 0 Å². The minimum atomic E-state index is 0.603. The van der Waals surface area contributed by atoms with Gasteiger partial charge in [0.25, 0.3) is 0 Å². The van der Waals surface area contributed by atoms with Gasteiger partial charge in [-0.05, 0) is 56.5 Å². The molecule has 1 heterocycles. The number of aromatic nitrogens is 2. The normalized spacial score (nSPS) is 10.5. The van der Waals surface area contributed by atoms with Crippen LogP contribution in [0.5, 0.6) is 5.75 Å². The van der Waals surface area contributed by atoms with E-state index in [1.54, 1.807) is 7.11 Å². The molecule has 0 fully saturated rings. The highest BCUT2D eigenvalue weighted by Gasteiger charge is 2.05. The maximum Gasteiger partial charge on any atom is 0.229 e. The van der Waals surface area contributed by atoms with Crippen molar-refractivity contribution in [1.29, 1.82) is 0 Å². The molecule has 0 saturated carbocycles. The van der Waals surface area contributed by atoms with Gasteiger partial charge in [0.15, 0.2) is 0 Å². The van der Waals surface area contributed by atoms with E-state index in [0.717, 1.165) is 35.9 Å². The van der Waals surface area contributed by atoms with E-state index in [4.69, 9.17) is 4.74 Å². The topological polar surface area (TPSA) is 59.1 Å². The molecular weight excluding hydrogens is 336 g/mol. The molecule has 0 spiro atoms. The predicted molar refractivity (Wildman–Crippen MR) is 111 cm³/mol. The lowest BCUT2D eigenvalue weighted by atomic mass is 10.1. The van der Waals surface area contributed by atoms with E-state index >= 15 is 0 Å². The summed E-state index contributed by atoms with van der Waals surface area (Å²) in [6.07, 6.45) is 0.889. The number of hydrogen-bond donors (Lipinski definition) is 2. The Morgan fingerprint density at radius 2 is 1.81 bits per heavy atom. The van der Waals surface area contributed by atoms with Crippen molar-refractivity contribution in [3.63, 3.8) is 0 Å². The van der Waals surface area contributed by atoms with Crippen LogP contribution in [-0.2, 0) is 6.42 Å². The average molecular weight is 362 g/mol. The van der Waals surface area contributed by atoms with Crippen LogP contribution in [0.4, 0.5) is 17.5 Å². The summed E-state index contributed by atoms with van der Waals surface area (Å²) in [5.41, 5.74) is 5.58. The molecular formula is C22H26N4O. The largest absolute Gasteiger partial charge is 0.497 e. The molecule has 0 bridgehead atoms. The van der Waals surface area contributed by atoms with Crippen LogP contribution in [0.1, 0.15) is 22.4 Å². The van der Waals surface area contributed by atoms with Crippen molar-refractivity contribution < 1.29 is 4.74 Å². The Balaban J connectivity index is 1.66. The molecule has 5 nitrogen and oxygen atoms in total. The lowest BCUT2D eigenvalue weighted by molar-refractivity contribution is 0.414. The van der Waals surface area contributed by atoms with Gasteiger partial charge in [-0.2, -0.15) is 4.98 Å². The number of benzene rings is 2. The minimum Gasteiger partial charge on any atom is -0.497 e. The summed E-state index contributed by atoms with van der Waals surface area (Å²) in [6.45, 7) is 6.93. The summed E-state index contributed by atoms with van der Waals surface area (Å²) in [5, 5.41) is 6.71. The molecule has 3 aromatic rings. The highest BCUT2D eigenvalue weighted by atomic mass is 16.5. The van der Waals surface area contributed by atoms with Crippen LogP contribution in [0.2, 0.25) is 0 Å². The van der Waals surface area contributed by atoms with Crippen molar-refractivity contribution in [2.45, 2.75) is 27.2 Å². The molecule has 2 N–H and O–H groups in total. The van der Waals surface area contributed by atoms with Crippen molar-refractivity contribution in [2.24, 2.45) is 0 Å². The molecule has 0 aliphatic carbocycles. The Kier molecular flexibility index (Phi) is 5.91. The smallest absolute Gasteiger partial charge is 0.229 e. The second-order valence-corrected chi connectivity index (χ2v) is 6.69. The fourth-order valence-corrected chi connectivity index (χ4v) is 2.95. The van der Waals surface area contributed by atoms with E-state index in [1.165, 1.54) is 16.7 Å². The Labute approximate surface area is 160 Å². The zero-order valence-electron chi connectivity index (χ0n) is 16.3. The van der Waals surface area contributed by atoms with E-state index in [1.807, 2.05) is 25.1 Å². The highest BCUT2D eigenvalue weighted by Crippen LogP contribution is 2.21. The van der Waals surface area contributed by atoms with Crippen LogP contribution in [0.25, 0.3) is 0 Å². The molecule has 0 amide bonds. The van der Waals surface area contributed by atoms with Gasteiger partial charge in [0.1, 0.15) is 11.6 Å². The number of anilines is 3. The predicted octanol–water partition coefficient (Wildman–Crippen LogP) is 4.81. The molecule has 0 atom stereocenters. The Hall–Kier alpha value is -3.08. The van der Waals surface area contributed by atoms with Gasteiger partial charge in [0.05, 0.1) is 7.11 Å². The second-order valence-electron chi connectivity index (χ2n) is 6.69. The molecule has 1 aromatic heterocycles. The van der Waals surface area contributed by atoms with Crippen LogP contribution in [0.3, 0.4) is 0 Å². The SMILES string of the molecule is COc1cccc(CCNc2cc(C)nc(Nc3ccc(C)cc3C)n2)c1. The van der Waals surface area contributed by atoms with Crippen LogP contribution < -0.4 is 15.4 Å². The van der Waals surface area contributed by atoms with Gasteiger partial charge >= 0.3 is 0 Å². The Bertz CT molecular complexity index is 924. The van der Waals surface area contributed by atoms with Crippen LogP contribution in [0.15, 0.2) is 48.5 Å². The summed E-state index contributed by atoms with van der Waals surface area (Å²) >= 11 is 0. The first-order chi connectivity index (χ1) is 13.0. The monoisotopic (exact) mass is 362 g/mol. The maximum absolute atomic E-state index is 5.28. The van der Waals surface area contributed by atoms with Crippen molar-refractivity contribution >= 4 is 17.5 Å². The van der Waals surface area contributed by atoms with Crippen LogP contribution in [0, 0.1) is 20.8 Å². The first-order valence-electron chi connectivity index (χ1n) is 9.10. The van der Waals surface area contributed by atoms with Gasteiger partial charge in [0.2, 0.25) is 5.95 Å². The van der Waals surface area contributed by atoms with Crippen molar-refractivity contribution in [2.75, 3.05) is 24.3 Å². The van der Waals surface area contributed by atoms with E-state index in [0.29, 0.717) is 5.95 Å². The third-order valence-electron chi connectivity index (χ3n) is 4.34. The summed E-state index contributed by atoms with van der Waals surface area (Å²) in [6, 6.07) is 16.4. The van der Waals surface area contributed by atoms with Crippen molar-refractivity contribution in [3.05, 3.63) is 70.9 Å². The molecule has 0 aliphatic heterocycles.